The number of rotatable bonds is 7. The van der Waals surface area contributed by atoms with E-state index in [-0.39, 0.29) is 11.2 Å². The van der Waals surface area contributed by atoms with Crippen molar-refractivity contribution in [3.8, 4) is 11.4 Å². The number of benzene rings is 1. The second kappa shape index (κ2) is 8.30. The zero-order valence-electron chi connectivity index (χ0n) is 15.6. The first-order chi connectivity index (χ1) is 13.0. The van der Waals surface area contributed by atoms with Crippen LogP contribution in [0, 0.1) is 6.92 Å². The Bertz CT molecular complexity index is 906. The summed E-state index contributed by atoms with van der Waals surface area (Å²) in [7, 11) is 0. The first-order valence-electron chi connectivity index (χ1n) is 8.75. The molecule has 2 aromatic heterocycles. The average Bonchev–Trinajstić information content (AvgIpc) is 3.25. The Morgan fingerprint density at radius 3 is 2.67 bits per heavy atom. The van der Waals surface area contributed by atoms with Gasteiger partial charge in [0.2, 0.25) is 11.1 Å². The lowest BCUT2D eigenvalue weighted by molar-refractivity contribution is -0.130. The molecule has 2 N–H and O–H groups in total. The Kier molecular flexibility index (Phi) is 5.85. The van der Waals surface area contributed by atoms with Gasteiger partial charge in [0.15, 0.2) is 5.82 Å². The van der Waals surface area contributed by atoms with Crippen LogP contribution in [0.15, 0.2) is 52.2 Å². The molecule has 3 aromatic rings. The highest BCUT2D eigenvalue weighted by molar-refractivity contribution is 8.00. The van der Waals surface area contributed by atoms with Crippen LogP contribution in [0.5, 0.6) is 0 Å². The van der Waals surface area contributed by atoms with Gasteiger partial charge in [-0.25, -0.2) is 4.68 Å². The summed E-state index contributed by atoms with van der Waals surface area (Å²) in [5.41, 5.74) is 1.89. The lowest BCUT2D eigenvalue weighted by Crippen LogP contribution is -2.36. The molecule has 8 heteroatoms. The van der Waals surface area contributed by atoms with Crippen LogP contribution in [0.2, 0.25) is 0 Å². The Balaban J connectivity index is 1.71. The van der Waals surface area contributed by atoms with Crippen molar-refractivity contribution >= 4 is 17.7 Å². The third-order valence-corrected chi connectivity index (χ3v) is 5.35. The van der Waals surface area contributed by atoms with E-state index in [1.165, 1.54) is 16.4 Å². The van der Waals surface area contributed by atoms with Gasteiger partial charge in [0, 0.05) is 13.1 Å². The van der Waals surface area contributed by atoms with Gasteiger partial charge in [-0.3, -0.25) is 4.79 Å². The van der Waals surface area contributed by atoms with E-state index < -0.39 is 0 Å². The minimum absolute atomic E-state index is 0.0374. The molecule has 0 aliphatic heterocycles. The molecule has 1 aromatic carbocycles. The number of carbonyl (C=O) groups is 1. The van der Waals surface area contributed by atoms with Crippen LogP contribution in [-0.2, 0) is 11.3 Å². The number of aryl methyl sites for hydroxylation is 1. The number of thioether (sulfide) groups is 1. The molecule has 0 aliphatic rings. The van der Waals surface area contributed by atoms with Crippen molar-refractivity contribution in [3.63, 3.8) is 0 Å². The van der Waals surface area contributed by atoms with E-state index in [1.54, 1.807) is 12.3 Å². The maximum absolute atomic E-state index is 12.9. The smallest absolute Gasteiger partial charge is 0.236 e. The Labute approximate surface area is 162 Å². The normalized spacial score (nSPS) is 12.1. The largest absolute Gasteiger partial charge is 0.469 e. The van der Waals surface area contributed by atoms with Gasteiger partial charge in [-0.2, -0.15) is 0 Å². The second-order valence-electron chi connectivity index (χ2n) is 6.16. The van der Waals surface area contributed by atoms with Crippen molar-refractivity contribution in [1.82, 2.24) is 19.8 Å². The number of aromatic nitrogens is 3. The number of amides is 1. The number of hydrogen-bond donors (Lipinski definition) is 1. The summed E-state index contributed by atoms with van der Waals surface area (Å²) >= 11 is 1.30. The van der Waals surface area contributed by atoms with Crippen LogP contribution in [0.1, 0.15) is 25.2 Å². The van der Waals surface area contributed by atoms with Gasteiger partial charge in [-0.1, -0.05) is 42.1 Å². The van der Waals surface area contributed by atoms with E-state index >= 15 is 0 Å². The van der Waals surface area contributed by atoms with Gasteiger partial charge in [-0.15, -0.1) is 10.2 Å². The van der Waals surface area contributed by atoms with Gasteiger partial charge in [0.05, 0.1) is 17.1 Å². The number of nitrogen functional groups attached to an aromatic ring is 1. The summed E-state index contributed by atoms with van der Waals surface area (Å²) in [6.07, 6.45) is 1.58. The van der Waals surface area contributed by atoms with E-state index in [0.717, 1.165) is 16.9 Å². The number of nitrogens with zero attached hydrogens (tertiary/aromatic N) is 4. The molecule has 0 saturated carbocycles. The van der Waals surface area contributed by atoms with Crippen molar-refractivity contribution < 1.29 is 9.21 Å². The highest BCUT2D eigenvalue weighted by Crippen LogP contribution is 2.27. The number of hydrogen-bond acceptors (Lipinski definition) is 6. The molecule has 2 heterocycles. The number of furan rings is 1. The lowest BCUT2D eigenvalue weighted by atomic mass is 10.2. The number of nitrogens with two attached hydrogens (primary N) is 1. The molecular weight excluding hydrogens is 362 g/mol. The Hall–Kier alpha value is -2.74. The molecule has 0 saturated heterocycles. The van der Waals surface area contributed by atoms with Crippen molar-refractivity contribution in [2.75, 3.05) is 12.4 Å². The highest BCUT2D eigenvalue weighted by Gasteiger charge is 2.24. The van der Waals surface area contributed by atoms with Crippen molar-refractivity contribution in [3.05, 3.63) is 54.0 Å². The fourth-order valence-corrected chi connectivity index (χ4v) is 3.63. The average molecular weight is 385 g/mol. The number of carbonyl (C=O) groups excluding carboxylic acids is 1. The minimum atomic E-state index is -0.335. The standard InChI is InChI=1S/C19H23N5O2S/c1-4-23(12-15-8-6-5-7-9-15)18(25)14(3)27-19-22-21-17(24(19)20)16-10-11-26-13(16)2/h5-11,14H,4,12,20H2,1-3H3. The molecule has 0 bridgehead atoms. The third kappa shape index (κ3) is 4.16. The van der Waals surface area contributed by atoms with Gasteiger partial charge in [-0.05, 0) is 32.4 Å². The topological polar surface area (TPSA) is 90.2 Å². The Morgan fingerprint density at radius 1 is 1.30 bits per heavy atom. The molecule has 142 valence electrons. The van der Waals surface area contributed by atoms with Crippen molar-refractivity contribution in [2.45, 2.75) is 37.7 Å². The second-order valence-corrected chi connectivity index (χ2v) is 7.47. The van der Waals surface area contributed by atoms with E-state index in [9.17, 15) is 4.79 Å². The van der Waals surface area contributed by atoms with Crippen LogP contribution in [0.25, 0.3) is 11.4 Å². The lowest BCUT2D eigenvalue weighted by Gasteiger charge is -2.24. The van der Waals surface area contributed by atoms with Gasteiger partial charge in [0.1, 0.15) is 5.76 Å². The molecule has 0 aliphatic carbocycles. The van der Waals surface area contributed by atoms with Crippen LogP contribution in [-0.4, -0.2) is 37.5 Å². The SMILES string of the molecule is CCN(Cc1ccccc1)C(=O)C(C)Sc1nnc(-c2ccoc2C)n1N. The fourth-order valence-electron chi connectivity index (χ4n) is 2.77. The molecule has 27 heavy (non-hydrogen) atoms. The third-order valence-electron chi connectivity index (χ3n) is 4.30. The highest BCUT2D eigenvalue weighted by atomic mass is 32.2. The predicted octanol–water partition coefficient (Wildman–Crippen LogP) is 3.09. The summed E-state index contributed by atoms with van der Waals surface area (Å²) in [5.74, 6) is 7.42. The first-order valence-corrected chi connectivity index (χ1v) is 9.63. The molecule has 1 amide bonds. The predicted molar refractivity (Wildman–Crippen MR) is 105 cm³/mol. The first kappa shape index (κ1) is 19.0. The zero-order valence-corrected chi connectivity index (χ0v) is 16.4. The van der Waals surface area contributed by atoms with Crippen molar-refractivity contribution in [1.29, 1.82) is 0 Å². The molecule has 0 spiro atoms. The van der Waals surface area contributed by atoms with E-state index in [2.05, 4.69) is 10.2 Å². The van der Waals surface area contributed by atoms with Gasteiger partial charge < -0.3 is 15.2 Å². The van der Waals surface area contributed by atoms with E-state index in [1.807, 2.05) is 56.0 Å². The summed E-state index contributed by atoms with van der Waals surface area (Å²) in [4.78, 5) is 14.7. The van der Waals surface area contributed by atoms with Gasteiger partial charge >= 0.3 is 0 Å². The molecular formula is C19H23N5O2S. The van der Waals surface area contributed by atoms with Crippen molar-refractivity contribution in [2.24, 2.45) is 0 Å². The molecule has 1 unspecified atom stereocenters. The monoisotopic (exact) mass is 385 g/mol. The maximum Gasteiger partial charge on any atom is 0.236 e. The molecule has 1 atom stereocenters. The van der Waals surface area contributed by atoms with Crippen LogP contribution in [0.4, 0.5) is 0 Å². The zero-order chi connectivity index (χ0) is 19.4. The molecule has 7 nitrogen and oxygen atoms in total. The molecule has 0 fully saturated rings. The van der Waals surface area contributed by atoms with Crippen LogP contribution >= 0.6 is 11.8 Å². The Morgan fingerprint density at radius 2 is 2.04 bits per heavy atom. The van der Waals surface area contributed by atoms with Gasteiger partial charge in [0.25, 0.3) is 0 Å². The quantitative estimate of drug-likeness (QED) is 0.496. The van der Waals surface area contributed by atoms with E-state index in [4.69, 9.17) is 10.3 Å². The molecule has 3 rings (SSSR count). The van der Waals surface area contributed by atoms with Crippen LogP contribution in [0.3, 0.4) is 0 Å². The summed E-state index contributed by atoms with van der Waals surface area (Å²) in [6.45, 7) is 6.89. The fraction of sp³-hybridized carbons (Fsp3) is 0.316. The summed E-state index contributed by atoms with van der Waals surface area (Å²) in [5, 5.41) is 8.44. The maximum atomic E-state index is 12.9. The summed E-state index contributed by atoms with van der Waals surface area (Å²) in [6, 6.07) is 11.7. The van der Waals surface area contributed by atoms with Crippen LogP contribution < -0.4 is 5.84 Å². The van der Waals surface area contributed by atoms with E-state index in [0.29, 0.717) is 24.1 Å². The molecule has 0 radical (unpaired) electrons. The minimum Gasteiger partial charge on any atom is -0.469 e. The summed E-state index contributed by atoms with van der Waals surface area (Å²) < 4.78 is 6.70.